The van der Waals surface area contributed by atoms with Crippen molar-refractivity contribution in [1.29, 1.82) is 0 Å². The molecule has 3 atom stereocenters. The lowest BCUT2D eigenvalue weighted by atomic mass is 9.83. The van der Waals surface area contributed by atoms with Gasteiger partial charge in [0.25, 0.3) is 5.91 Å². The standard InChI is InChI=1S/C27H28ClNO6/c1-3-19(27(32)33)17-7-6-12-29(15-17)26(31)16(2)34-18-10-11-21-22(14-25(30)35-24(21)13-18)20-8-4-5-9-23(20)28/h4-5,8-11,13-14,16-17,19H,3,6-7,12,15H2,1-2H3,(H,32,33). The summed E-state index contributed by atoms with van der Waals surface area (Å²) in [6, 6.07) is 13.8. The summed E-state index contributed by atoms with van der Waals surface area (Å²) in [7, 11) is 0. The van der Waals surface area contributed by atoms with Crippen LogP contribution in [0.4, 0.5) is 0 Å². The number of hydrogen-bond donors (Lipinski definition) is 1. The van der Waals surface area contributed by atoms with E-state index in [9.17, 15) is 19.5 Å². The summed E-state index contributed by atoms with van der Waals surface area (Å²) >= 11 is 6.34. The Morgan fingerprint density at radius 2 is 1.97 bits per heavy atom. The van der Waals surface area contributed by atoms with E-state index >= 15 is 0 Å². The molecule has 2 heterocycles. The zero-order valence-corrected chi connectivity index (χ0v) is 20.5. The van der Waals surface area contributed by atoms with Gasteiger partial charge in [0.15, 0.2) is 6.10 Å². The first kappa shape index (κ1) is 24.8. The quantitative estimate of drug-likeness (QED) is 0.449. The van der Waals surface area contributed by atoms with Crippen molar-refractivity contribution >= 4 is 34.4 Å². The Hall–Kier alpha value is -3.32. The number of nitrogens with zero attached hydrogens (tertiary/aromatic N) is 1. The molecule has 1 aliphatic rings. The van der Waals surface area contributed by atoms with Crippen LogP contribution in [0.2, 0.25) is 5.02 Å². The number of aliphatic carboxylic acids is 1. The van der Waals surface area contributed by atoms with Gasteiger partial charge in [0, 0.05) is 46.8 Å². The van der Waals surface area contributed by atoms with E-state index in [0.717, 1.165) is 18.4 Å². The highest BCUT2D eigenvalue weighted by atomic mass is 35.5. The van der Waals surface area contributed by atoms with E-state index in [4.69, 9.17) is 20.8 Å². The van der Waals surface area contributed by atoms with E-state index in [2.05, 4.69) is 0 Å². The lowest BCUT2D eigenvalue weighted by molar-refractivity contribution is -0.148. The van der Waals surface area contributed by atoms with E-state index in [-0.39, 0.29) is 11.8 Å². The first-order valence-corrected chi connectivity index (χ1v) is 12.2. The molecule has 8 heteroatoms. The molecule has 1 saturated heterocycles. The van der Waals surface area contributed by atoms with Crippen molar-refractivity contribution in [2.45, 2.75) is 39.2 Å². The van der Waals surface area contributed by atoms with Crippen LogP contribution >= 0.6 is 11.6 Å². The van der Waals surface area contributed by atoms with Crippen molar-refractivity contribution < 1.29 is 23.8 Å². The lowest BCUT2D eigenvalue weighted by Gasteiger charge is -2.36. The Balaban J connectivity index is 1.53. The first-order valence-electron chi connectivity index (χ1n) is 11.8. The topological polar surface area (TPSA) is 97.0 Å². The Labute approximate surface area is 208 Å². The zero-order chi connectivity index (χ0) is 25.1. The molecule has 35 heavy (non-hydrogen) atoms. The van der Waals surface area contributed by atoms with Crippen molar-refractivity contribution in [3.63, 3.8) is 0 Å². The smallest absolute Gasteiger partial charge is 0.336 e. The van der Waals surface area contributed by atoms with Crippen LogP contribution in [0.15, 0.2) is 57.7 Å². The molecule has 0 bridgehead atoms. The number of ether oxygens (including phenoxy) is 1. The van der Waals surface area contributed by atoms with E-state index in [1.165, 1.54) is 6.07 Å². The molecule has 0 aliphatic carbocycles. The SMILES string of the molecule is CCC(C(=O)O)C1CCCN(C(=O)C(C)Oc2ccc3c(-c4ccccc4Cl)cc(=O)oc3c2)C1. The maximum absolute atomic E-state index is 13.1. The van der Waals surface area contributed by atoms with Gasteiger partial charge in [-0.3, -0.25) is 9.59 Å². The fourth-order valence-electron chi connectivity index (χ4n) is 4.88. The van der Waals surface area contributed by atoms with Crippen molar-refractivity contribution in [3.05, 3.63) is 64.0 Å². The minimum Gasteiger partial charge on any atom is -0.481 e. The highest BCUT2D eigenvalue weighted by molar-refractivity contribution is 6.33. The minimum absolute atomic E-state index is 0.0689. The highest BCUT2D eigenvalue weighted by Crippen LogP contribution is 2.34. The fraction of sp³-hybridized carbons (Fsp3) is 0.370. The third-order valence-electron chi connectivity index (χ3n) is 6.64. The number of amides is 1. The Morgan fingerprint density at radius 3 is 2.69 bits per heavy atom. The van der Waals surface area contributed by atoms with Gasteiger partial charge in [-0.05, 0) is 50.3 Å². The summed E-state index contributed by atoms with van der Waals surface area (Å²) in [6.45, 7) is 4.51. The van der Waals surface area contributed by atoms with Crippen LogP contribution in [0, 0.1) is 11.8 Å². The summed E-state index contributed by atoms with van der Waals surface area (Å²) in [5.74, 6) is -1.15. The van der Waals surface area contributed by atoms with Gasteiger partial charge in [-0.2, -0.15) is 0 Å². The van der Waals surface area contributed by atoms with Gasteiger partial charge in [0.2, 0.25) is 0 Å². The number of hydrogen-bond acceptors (Lipinski definition) is 5. The molecule has 3 aromatic rings. The van der Waals surface area contributed by atoms with E-state index in [1.54, 1.807) is 36.1 Å². The number of rotatable bonds is 7. The molecule has 1 fully saturated rings. The maximum Gasteiger partial charge on any atom is 0.336 e. The molecular formula is C27H28ClNO6. The Morgan fingerprint density at radius 1 is 1.20 bits per heavy atom. The molecule has 1 N–H and O–H groups in total. The number of carbonyl (C=O) groups is 2. The number of carbonyl (C=O) groups excluding carboxylic acids is 1. The van der Waals surface area contributed by atoms with Crippen molar-refractivity contribution in [3.8, 4) is 16.9 Å². The van der Waals surface area contributed by atoms with Gasteiger partial charge < -0.3 is 19.2 Å². The molecule has 4 rings (SSSR count). The lowest BCUT2D eigenvalue weighted by Crippen LogP contribution is -2.47. The molecule has 0 radical (unpaired) electrons. The number of piperidine rings is 1. The van der Waals surface area contributed by atoms with Crippen LogP contribution in [0.1, 0.15) is 33.1 Å². The average Bonchev–Trinajstić information content (AvgIpc) is 2.83. The normalized spacial score (nSPS) is 17.7. The molecule has 184 valence electrons. The summed E-state index contributed by atoms with van der Waals surface area (Å²) in [6.07, 6.45) is 1.31. The molecule has 3 unspecified atom stereocenters. The highest BCUT2D eigenvalue weighted by Gasteiger charge is 2.34. The van der Waals surface area contributed by atoms with Crippen LogP contribution < -0.4 is 10.4 Å². The monoisotopic (exact) mass is 497 g/mol. The summed E-state index contributed by atoms with van der Waals surface area (Å²) < 4.78 is 11.3. The van der Waals surface area contributed by atoms with Crippen LogP contribution in [0.25, 0.3) is 22.1 Å². The van der Waals surface area contributed by atoms with E-state index in [1.807, 2.05) is 25.1 Å². The Kier molecular flexibility index (Phi) is 7.45. The molecule has 2 aromatic carbocycles. The van der Waals surface area contributed by atoms with E-state index < -0.39 is 23.6 Å². The largest absolute Gasteiger partial charge is 0.481 e. The second kappa shape index (κ2) is 10.5. The van der Waals surface area contributed by atoms with Gasteiger partial charge in [-0.1, -0.05) is 36.7 Å². The van der Waals surface area contributed by atoms with Crippen molar-refractivity contribution in [2.24, 2.45) is 11.8 Å². The molecule has 1 aromatic heterocycles. The van der Waals surface area contributed by atoms with Gasteiger partial charge in [-0.25, -0.2) is 4.79 Å². The number of benzene rings is 2. The fourth-order valence-corrected chi connectivity index (χ4v) is 5.12. The number of likely N-dealkylation sites (tertiary alicyclic amines) is 1. The number of fused-ring (bicyclic) bond motifs is 1. The van der Waals surface area contributed by atoms with Crippen LogP contribution in [-0.2, 0) is 9.59 Å². The van der Waals surface area contributed by atoms with E-state index in [0.29, 0.717) is 46.8 Å². The summed E-state index contributed by atoms with van der Waals surface area (Å²) in [5, 5.41) is 10.7. The Bertz CT molecular complexity index is 1300. The van der Waals surface area contributed by atoms with Crippen LogP contribution in [0.3, 0.4) is 0 Å². The van der Waals surface area contributed by atoms with Gasteiger partial charge in [-0.15, -0.1) is 0 Å². The van der Waals surface area contributed by atoms with Crippen molar-refractivity contribution in [1.82, 2.24) is 4.90 Å². The van der Waals surface area contributed by atoms with Gasteiger partial charge in [0.05, 0.1) is 5.92 Å². The molecule has 1 amide bonds. The third-order valence-corrected chi connectivity index (χ3v) is 6.97. The average molecular weight is 498 g/mol. The summed E-state index contributed by atoms with van der Waals surface area (Å²) in [5.41, 5.74) is 1.18. The molecule has 0 saturated carbocycles. The predicted octanol–water partition coefficient (Wildman–Crippen LogP) is 5.23. The first-order chi connectivity index (χ1) is 16.8. The molecular weight excluding hydrogens is 470 g/mol. The predicted molar refractivity (Wildman–Crippen MR) is 134 cm³/mol. The second-order valence-corrected chi connectivity index (χ2v) is 9.32. The minimum atomic E-state index is -0.815. The van der Waals surface area contributed by atoms with Crippen LogP contribution in [0.5, 0.6) is 5.75 Å². The molecule has 0 spiro atoms. The van der Waals surface area contributed by atoms with Gasteiger partial charge >= 0.3 is 11.6 Å². The molecule has 1 aliphatic heterocycles. The zero-order valence-electron chi connectivity index (χ0n) is 19.7. The second-order valence-electron chi connectivity index (χ2n) is 8.92. The number of carboxylic acids is 1. The summed E-state index contributed by atoms with van der Waals surface area (Å²) in [4.78, 5) is 38.6. The van der Waals surface area contributed by atoms with Crippen molar-refractivity contribution in [2.75, 3.05) is 13.1 Å². The van der Waals surface area contributed by atoms with Gasteiger partial charge in [0.1, 0.15) is 11.3 Å². The maximum atomic E-state index is 13.1. The number of halogens is 1. The van der Waals surface area contributed by atoms with Crippen LogP contribution in [-0.4, -0.2) is 41.1 Å². The molecule has 7 nitrogen and oxygen atoms in total. The number of carboxylic acid groups (broad SMARTS) is 1. The third kappa shape index (κ3) is 5.35.